The number of anilines is 1. The van der Waals surface area contributed by atoms with Crippen molar-refractivity contribution < 1.29 is 17.9 Å². The average Bonchev–Trinajstić information content (AvgIpc) is 2.83. The number of rotatable bonds is 10. The SMILES string of the molecule is CCOc1ccc(N(CC(=O)NC(C)c2ccc(CC)cc2)S(=O)(=O)c2ccc(Cl)cc2)cc1. The highest BCUT2D eigenvalue weighted by atomic mass is 35.5. The predicted molar refractivity (Wildman–Crippen MR) is 136 cm³/mol. The summed E-state index contributed by atoms with van der Waals surface area (Å²) in [7, 11) is -4.03. The summed E-state index contributed by atoms with van der Waals surface area (Å²) in [5.74, 6) is 0.196. The minimum Gasteiger partial charge on any atom is -0.494 e. The number of sulfonamides is 1. The maximum Gasteiger partial charge on any atom is 0.264 e. The Morgan fingerprint density at radius 3 is 2.15 bits per heavy atom. The molecule has 0 spiro atoms. The second kappa shape index (κ2) is 11.4. The first-order valence-electron chi connectivity index (χ1n) is 11.1. The summed E-state index contributed by atoms with van der Waals surface area (Å²) in [4.78, 5) is 13.0. The Kier molecular flexibility index (Phi) is 8.58. The van der Waals surface area contributed by atoms with E-state index < -0.39 is 15.9 Å². The van der Waals surface area contributed by atoms with Gasteiger partial charge in [-0.2, -0.15) is 0 Å². The second-order valence-electron chi connectivity index (χ2n) is 7.78. The fraction of sp³-hybridized carbons (Fsp3) is 0.269. The Balaban J connectivity index is 1.86. The Morgan fingerprint density at radius 2 is 1.59 bits per heavy atom. The number of hydrogen-bond acceptors (Lipinski definition) is 4. The molecular weight excluding hydrogens is 472 g/mol. The summed E-state index contributed by atoms with van der Waals surface area (Å²) in [6.45, 7) is 5.93. The standard InChI is InChI=1S/C26H29ClN2O4S/c1-4-20-6-8-21(9-7-20)19(3)28-26(30)18-29(23-12-14-24(15-13-23)33-5-2)34(31,32)25-16-10-22(27)11-17-25/h6-17,19H,4-5,18H2,1-3H3,(H,28,30). The van der Waals surface area contributed by atoms with Gasteiger partial charge in [-0.1, -0.05) is 42.8 Å². The van der Waals surface area contributed by atoms with Gasteiger partial charge in [0.25, 0.3) is 10.0 Å². The largest absolute Gasteiger partial charge is 0.494 e. The van der Waals surface area contributed by atoms with Crippen molar-refractivity contribution in [1.29, 1.82) is 0 Å². The molecule has 0 saturated heterocycles. The fourth-order valence-corrected chi connectivity index (χ4v) is 5.01. The fourth-order valence-electron chi connectivity index (χ4n) is 3.47. The maximum atomic E-state index is 13.5. The van der Waals surface area contributed by atoms with E-state index >= 15 is 0 Å². The number of ether oxygens (including phenoxy) is 1. The minimum absolute atomic E-state index is 0.0433. The third-order valence-electron chi connectivity index (χ3n) is 5.39. The number of carbonyl (C=O) groups excluding carboxylic acids is 1. The molecule has 0 aliphatic heterocycles. The van der Waals surface area contributed by atoms with Crippen LogP contribution in [0.2, 0.25) is 5.02 Å². The van der Waals surface area contributed by atoms with Crippen molar-refractivity contribution in [2.75, 3.05) is 17.5 Å². The van der Waals surface area contributed by atoms with Gasteiger partial charge in [-0.3, -0.25) is 9.10 Å². The van der Waals surface area contributed by atoms with Crippen LogP contribution in [0, 0.1) is 0 Å². The molecule has 6 nitrogen and oxygen atoms in total. The van der Waals surface area contributed by atoms with Crippen molar-refractivity contribution in [3.8, 4) is 5.75 Å². The zero-order valence-electron chi connectivity index (χ0n) is 19.5. The number of nitrogens with zero attached hydrogens (tertiary/aromatic N) is 1. The number of amides is 1. The molecule has 1 unspecified atom stereocenters. The monoisotopic (exact) mass is 500 g/mol. The lowest BCUT2D eigenvalue weighted by atomic mass is 10.1. The molecule has 3 rings (SSSR count). The summed E-state index contributed by atoms with van der Waals surface area (Å²) < 4.78 is 33.5. The van der Waals surface area contributed by atoms with Crippen LogP contribution in [0.3, 0.4) is 0 Å². The van der Waals surface area contributed by atoms with Crippen LogP contribution in [0.4, 0.5) is 5.69 Å². The topological polar surface area (TPSA) is 75.7 Å². The summed E-state index contributed by atoms with van der Waals surface area (Å²) >= 11 is 5.94. The highest BCUT2D eigenvalue weighted by Gasteiger charge is 2.28. The molecule has 3 aromatic carbocycles. The number of hydrogen-bond donors (Lipinski definition) is 1. The molecule has 8 heteroatoms. The lowest BCUT2D eigenvalue weighted by Crippen LogP contribution is -2.41. The summed E-state index contributed by atoms with van der Waals surface area (Å²) in [6, 6.07) is 20.2. The van der Waals surface area contributed by atoms with Crippen molar-refractivity contribution >= 4 is 33.2 Å². The summed E-state index contributed by atoms with van der Waals surface area (Å²) in [5.41, 5.74) is 2.50. The van der Waals surface area contributed by atoms with Crippen LogP contribution >= 0.6 is 11.6 Å². The molecule has 0 aliphatic carbocycles. The van der Waals surface area contributed by atoms with Crippen molar-refractivity contribution in [3.63, 3.8) is 0 Å². The van der Waals surface area contributed by atoms with Gasteiger partial charge in [0.15, 0.2) is 0 Å². The lowest BCUT2D eigenvalue weighted by molar-refractivity contribution is -0.120. The Morgan fingerprint density at radius 1 is 0.971 bits per heavy atom. The van der Waals surface area contributed by atoms with Crippen molar-refractivity contribution in [3.05, 3.63) is 88.9 Å². The number of aryl methyl sites for hydroxylation is 1. The van der Waals surface area contributed by atoms with E-state index in [1.807, 2.05) is 38.1 Å². The van der Waals surface area contributed by atoms with Gasteiger partial charge in [-0.15, -0.1) is 0 Å². The van der Waals surface area contributed by atoms with Crippen molar-refractivity contribution in [2.24, 2.45) is 0 Å². The molecule has 0 aromatic heterocycles. The Labute approximate surface area is 206 Å². The zero-order chi connectivity index (χ0) is 24.7. The molecule has 34 heavy (non-hydrogen) atoms. The molecule has 3 aromatic rings. The molecule has 1 N–H and O–H groups in total. The van der Waals surface area contributed by atoms with Gasteiger partial charge in [-0.25, -0.2) is 8.42 Å². The van der Waals surface area contributed by atoms with E-state index in [4.69, 9.17) is 16.3 Å². The van der Waals surface area contributed by atoms with E-state index in [1.54, 1.807) is 24.3 Å². The van der Waals surface area contributed by atoms with Crippen molar-refractivity contribution in [1.82, 2.24) is 5.32 Å². The van der Waals surface area contributed by atoms with Crippen LogP contribution in [0.15, 0.2) is 77.7 Å². The van der Waals surface area contributed by atoms with Crippen molar-refractivity contribution in [2.45, 2.75) is 38.1 Å². The van der Waals surface area contributed by atoms with Gasteiger partial charge >= 0.3 is 0 Å². The van der Waals surface area contributed by atoms with Gasteiger partial charge in [0, 0.05) is 5.02 Å². The van der Waals surface area contributed by atoms with E-state index in [2.05, 4.69) is 12.2 Å². The lowest BCUT2D eigenvalue weighted by Gasteiger charge is -2.25. The molecular formula is C26H29ClN2O4S. The highest BCUT2D eigenvalue weighted by molar-refractivity contribution is 7.92. The number of halogens is 1. The van der Waals surface area contributed by atoms with E-state index in [0.717, 1.165) is 16.3 Å². The van der Waals surface area contributed by atoms with Gasteiger partial charge in [-0.05, 0) is 79.9 Å². The zero-order valence-corrected chi connectivity index (χ0v) is 21.1. The van der Waals surface area contributed by atoms with Gasteiger partial charge in [0.05, 0.1) is 23.2 Å². The normalized spacial score (nSPS) is 12.1. The molecule has 0 bridgehead atoms. The molecule has 0 fully saturated rings. The first-order chi connectivity index (χ1) is 16.2. The van der Waals surface area contributed by atoms with Crippen LogP contribution in [-0.4, -0.2) is 27.5 Å². The average molecular weight is 501 g/mol. The summed E-state index contributed by atoms with van der Waals surface area (Å²) in [5, 5.41) is 3.33. The summed E-state index contributed by atoms with van der Waals surface area (Å²) in [6.07, 6.45) is 0.931. The van der Waals surface area contributed by atoms with E-state index in [-0.39, 0.29) is 17.5 Å². The third-order valence-corrected chi connectivity index (χ3v) is 7.43. The van der Waals surface area contributed by atoms with Gasteiger partial charge < -0.3 is 10.1 Å². The molecule has 0 saturated carbocycles. The predicted octanol–water partition coefficient (Wildman–Crippen LogP) is 5.37. The molecule has 1 atom stereocenters. The van der Waals surface area contributed by atoms with Crippen LogP contribution in [-0.2, 0) is 21.2 Å². The number of benzene rings is 3. The quantitative estimate of drug-likeness (QED) is 0.406. The minimum atomic E-state index is -4.03. The third kappa shape index (κ3) is 6.30. The van der Waals surface area contributed by atoms with Crippen LogP contribution in [0.25, 0.3) is 0 Å². The second-order valence-corrected chi connectivity index (χ2v) is 10.1. The number of nitrogens with one attached hydrogen (secondary N) is 1. The van der Waals surface area contributed by atoms with E-state index in [0.29, 0.717) is 23.1 Å². The van der Waals surface area contributed by atoms with E-state index in [1.165, 1.54) is 29.8 Å². The van der Waals surface area contributed by atoms with Gasteiger partial charge in [0.2, 0.25) is 5.91 Å². The Hall–Kier alpha value is -3.03. The number of carbonyl (C=O) groups is 1. The molecule has 180 valence electrons. The Bertz CT molecular complexity index is 1200. The smallest absolute Gasteiger partial charge is 0.264 e. The van der Waals surface area contributed by atoms with Crippen LogP contribution in [0.1, 0.15) is 37.9 Å². The van der Waals surface area contributed by atoms with Crippen LogP contribution in [0.5, 0.6) is 5.75 Å². The van der Waals surface area contributed by atoms with Gasteiger partial charge in [0.1, 0.15) is 12.3 Å². The van der Waals surface area contributed by atoms with Crippen LogP contribution < -0.4 is 14.4 Å². The highest BCUT2D eigenvalue weighted by Crippen LogP contribution is 2.27. The molecule has 0 radical (unpaired) electrons. The maximum absolute atomic E-state index is 13.5. The molecule has 0 aliphatic rings. The molecule has 0 heterocycles. The van der Waals surface area contributed by atoms with E-state index in [9.17, 15) is 13.2 Å². The molecule has 1 amide bonds. The first-order valence-corrected chi connectivity index (χ1v) is 13.0. The first kappa shape index (κ1) is 25.6.